The van der Waals surface area contributed by atoms with E-state index in [1.807, 2.05) is 47.2 Å². The highest BCUT2D eigenvalue weighted by molar-refractivity contribution is 7.22. The summed E-state index contributed by atoms with van der Waals surface area (Å²) in [5, 5.41) is 17.3. The lowest BCUT2D eigenvalue weighted by atomic mass is 10.1. The number of anilines is 2. The minimum atomic E-state index is -0.168. The van der Waals surface area contributed by atoms with Crippen molar-refractivity contribution in [3.8, 4) is 10.4 Å². The number of carbonyl (C=O) groups excluding carboxylic acids is 1. The van der Waals surface area contributed by atoms with Crippen LogP contribution in [-0.4, -0.2) is 35.1 Å². The van der Waals surface area contributed by atoms with Crippen LogP contribution in [0.3, 0.4) is 0 Å². The van der Waals surface area contributed by atoms with E-state index >= 15 is 0 Å². The van der Waals surface area contributed by atoms with Crippen molar-refractivity contribution < 1.29 is 4.79 Å². The Bertz CT molecular complexity index is 1100. The van der Waals surface area contributed by atoms with Crippen molar-refractivity contribution in [3.05, 3.63) is 57.9 Å². The van der Waals surface area contributed by atoms with Gasteiger partial charge in [0.25, 0.3) is 5.91 Å². The van der Waals surface area contributed by atoms with Gasteiger partial charge in [-0.3, -0.25) is 4.79 Å². The fraction of sp³-hybridized carbons (Fsp3) is 0.105. The highest BCUT2D eigenvalue weighted by atomic mass is 35.5. The number of rotatable bonds is 4. The van der Waals surface area contributed by atoms with Crippen LogP contribution < -0.4 is 5.32 Å². The molecule has 0 fully saturated rings. The Balaban J connectivity index is 1.88. The molecule has 0 aliphatic carbocycles. The van der Waals surface area contributed by atoms with Crippen molar-refractivity contribution in [1.82, 2.24) is 15.1 Å². The predicted molar refractivity (Wildman–Crippen MR) is 113 cm³/mol. The normalized spacial score (nSPS) is 10.9. The number of thiophene rings is 2. The summed E-state index contributed by atoms with van der Waals surface area (Å²) in [7, 11) is 3.42. The van der Waals surface area contributed by atoms with Crippen LogP contribution >= 0.6 is 34.3 Å². The molecular formula is C19H15ClN4OS2. The number of aromatic nitrogens is 2. The van der Waals surface area contributed by atoms with Crippen molar-refractivity contribution >= 4 is 61.8 Å². The summed E-state index contributed by atoms with van der Waals surface area (Å²) in [6.07, 6.45) is 0. The quantitative estimate of drug-likeness (QED) is 0.477. The highest BCUT2D eigenvalue weighted by Gasteiger charge is 2.20. The lowest BCUT2D eigenvalue weighted by Gasteiger charge is -2.11. The van der Waals surface area contributed by atoms with Gasteiger partial charge >= 0.3 is 0 Å². The average Bonchev–Trinajstić information content (AvgIpc) is 3.32. The van der Waals surface area contributed by atoms with Crippen LogP contribution in [0.4, 0.5) is 11.5 Å². The predicted octanol–water partition coefficient (Wildman–Crippen LogP) is 5.52. The van der Waals surface area contributed by atoms with Crippen LogP contribution in [0.1, 0.15) is 10.5 Å². The molecule has 1 amide bonds. The third kappa shape index (κ3) is 3.53. The SMILES string of the molecule is CN(C)C(=O)c1nnc(Nc2ccsc2)c2cc(-c3ccc(Cl)cc3)sc12. The molecule has 4 aromatic rings. The van der Waals surface area contributed by atoms with Gasteiger partial charge in [-0.05, 0) is 35.2 Å². The van der Waals surface area contributed by atoms with E-state index in [0.29, 0.717) is 16.5 Å². The van der Waals surface area contributed by atoms with Crippen molar-refractivity contribution in [1.29, 1.82) is 0 Å². The number of nitrogens with one attached hydrogen (secondary N) is 1. The highest BCUT2D eigenvalue weighted by Crippen LogP contribution is 2.38. The van der Waals surface area contributed by atoms with Crippen LogP contribution in [-0.2, 0) is 0 Å². The van der Waals surface area contributed by atoms with E-state index < -0.39 is 0 Å². The molecular weight excluding hydrogens is 400 g/mol. The molecule has 0 spiro atoms. The zero-order chi connectivity index (χ0) is 19.0. The minimum absolute atomic E-state index is 0.168. The summed E-state index contributed by atoms with van der Waals surface area (Å²) in [5.41, 5.74) is 2.34. The van der Waals surface area contributed by atoms with Gasteiger partial charge in [-0.1, -0.05) is 23.7 Å². The first-order valence-electron chi connectivity index (χ1n) is 8.10. The number of nitrogens with zero attached hydrogens (tertiary/aromatic N) is 3. The molecule has 136 valence electrons. The average molecular weight is 415 g/mol. The molecule has 0 aliphatic rings. The number of fused-ring (bicyclic) bond motifs is 1. The lowest BCUT2D eigenvalue weighted by molar-refractivity contribution is 0.0823. The van der Waals surface area contributed by atoms with Crippen LogP contribution in [0.5, 0.6) is 0 Å². The summed E-state index contributed by atoms with van der Waals surface area (Å²) < 4.78 is 0.811. The van der Waals surface area contributed by atoms with E-state index in [0.717, 1.165) is 26.2 Å². The van der Waals surface area contributed by atoms with Gasteiger partial charge in [0.05, 0.1) is 10.4 Å². The number of hydrogen-bond acceptors (Lipinski definition) is 6. The summed E-state index contributed by atoms with van der Waals surface area (Å²) in [6.45, 7) is 0. The lowest BCUT2D eigenvalue weighted by Crippen LogP contribution is -2.23. The molecule has 27 heavy (non-hydrogen) atoms. The third-order valence-electron chi connectivity index (χ3n) is 3.97. The van der Waals surface area contributed by atoms with Crippen LogP contribution in [0, 0.1) is 0 Å². The monoisotopic (exact) mass is 414 g/mol. The first kappa shape index (κ1) is 17.9. The summed E-state index contributed by atoms with van der Waals surface area (Å²) in [5.74, 6) is 0.467. The molecule has 0 bridgehead atoms. The maximum absolute atomic E-state index is 12.6. The second-order valence-electron chi connectivity index (χ2n) is 6.09. The Morgan fingerprint density at radius 3 is 2.59 bits per heavy atom. The zero-order valence-electron chi connectivity index (χ0n) is 14.6. The maximum atomic E-state index is 12.6. The first-order valence-corrected chi connectivity index (χ1v) is 10.2. The number of hydrogen-bond donors (Lipinski definition) is 1. The van der Waals surface area contributed by atoms with Gasteiger partial charge in [-0.15, -0.1) is 21.5 Å². The molecule has 8 heteroatoms. The Morgan fingerprint density at radius 2 is 1.93 bits per heavy atom. The molecule has 3 aromatic heterocycles. The second-order valence-corrected chi connectivity index (χ2v) is 8.36. The fourth-order valence-corrected chi connectivity index (χ4v) is 4.47. The van der Waals surface area contributed by atoms with Gasteiger partial charge in [0.15, 0.2) is 11.5 Å². The minimum Gasteiger partial charge on any atom is -0.343 e. The van der Waals surface area contributed by atoms with E-state index in [1.54, 1.807) is 25.4 Å². The topological polar surface area (TPSA) is 58.1 Å². The van der Waals surface area contributed by atoms with Gasteiger partial charge in [0, 0.05) is 34.8 Å². The number of halogens is 1. The van der Waals surface area contributed by atoms with E-state index in [1.165, 1.54) is 16.2 Å². The second kappa shape index (κ2) is 7.26. The van der Waals surface area contributed by atoms with Crippen molar-refractivity contribution in [2.45, 2.75) is 0 Å². The number of amides is 1. The smallest absolute Gasteiger partial charge is 0.275 e. The molecule has 3 heterocycles. The van der Waals surface area contributed by atoms with Gasteiger partial charge in [-0.25, -0.2) is 0 Å². The van der Waals surface area contributed by atoms with E-state index in [-0.39, 0.29) is 5.91 Å². The van der Waals surface area contributed by atoms with Gasteiger partial charge in [0.1, 0.15) is 0 Å². The van der Waals surface area contributed by atoms with Crippen LogP contribution in [0.2, 0.25) is 5.02 Å². The molecule has 1 N–H and O–H groups in total. The van der Waals surface area contributed by atoms with Crippen molar-refractivity contribution in [3.63, 3.8) is 0 Å². The molecule has 0 aliphatic heterocycles. The third-order valence-corrected chi connectivity index (χ3v) is 6.10. The van der Waals surface area contributed by atoms with Crippen molar-refractivity contribution in [2.24, 2.45) is 0 Å². The molecule has 0 saturated carbocycles. The molecule has 0 unspecified atom stereocenters. The molecule has 0 saturated heterocycles. The molecule has 0 atom stereocenters. The molecule has 4 rings (SSSR count). The Morgan fingerprint density at radius 1 is 1.15 bits per heavy atom. The Kier molecular flexibility index (Phi) is 4.82. The Labute approximate surface area is 169 Å². The molecule has 1 aromatic carbocycles. The van der Waals surface area contributed by atoms with E-state index in [9.17, 15) is 4.79 Å². The largest absolute Gasteiger partial charge is 0.343 e. The zero-order valence-corrected chi connectivity index (χ0v) is 17.0. The van der Waals surface area contributed by atoms with Gasteiger partial charge in [-0.2, -0.15) is 11.3 Å². The molecule has 0 radical (unpaired) electrons. The standard InChI is InChI=1S/C19H15ClN4OS2/c1-24(2)19(25)16-17-14(18(23-22-16)21-13-7-8-26-10-13)9-15(27-17)11-3-5-12(20)6-4-11/h3-10H,1-2H3,(H,21,23). The molecule has 5 nitrogen and oxygen atoms in total. The van der Waals surface area contributed by atoms with Gasteiger partial charge < -0.3 is 10.2 Å². The summed E-state index contributed by atoms with van der Waals surface area (Å²) in [4.78, 5) is 15.1. The van der Waals surface area contributed by atoms with E-state index in [4.69, 9.17) is 11.6 Å². The van der Waals surface area contributed by atoms with Crippen LogP contribution in [0.25, 0.3) is 20.5 Å². The van der Waals surface area contributed by atoms with Gasteiger partial charge in [0.2, 0.25) is 0 Å². The first-order chi connectivity index (χ1) is 13.0. The number of carbonyl (C=O) groups is 1. The summed E-state index contributed by atoms with van der Waals surface area (Å²) >= 11 is 9.13. The van der Waals surface area contributed by atoms with Crippen LogP contribution in [0.15, 0.2) is 47.2 Å². The maximum Gasteiger partial charge on any atom is 0.275 e. The van der Waals surface area contributed by atoms with E-state index in [2.05, 4.69) is 15.5 Å². The Hall–Kier alpha value is -2.48. The van der Waals surface area contributed by atoms with Crippen molar-refractivity contribution in [2.75, 3.05) is 19.4 Å². The number of benzene rings is 1. The summed E-state index contributed by atoms with van der Waals surface area (Å²) in [6, 6.07) is 11.7. The fourth-order valence-electron chi connectivity index (χ4n) is 2.61.